The smallest absolute Gasteiger partial charge is 0.329 e. The molecule has 15 nitrogen and oxygen atoms in total. The molecule has 5 N–H and O–H groups in total. The van der Waals surface area contributed by atoms with Crippen molar-refractivity contribution in [1.29, 1.82) is 0 Å². The van der Waals surface area contributed by atoms with Crippen LogP contribution in [-0.4, -0.2) is 136 Å². The first-order valence-electron chi connectivity index (χ1n) is 23.7. The molecule has 3 heterocycles. The van der Waals surface area contributed by atoms with E-state index < -0.39 is 96.1 Å². The van der Waals surface area contributed by atoms with Crippen LogP contribution in [0.15, 0.2) is 47.6 Å². The number of nitrogens with zero attached hydrogens (tertiary/aromatic N) is 1. The van der Waals surface area contributed by atoms with E-state index in [4.69, 9.17) is 23.7 Å². The van der Waals surface area contributed by atoms with Crippen LogP contribution in [-0.2, 0) is 42.9 Å². The third kappa shape index (κ3) is 12.9. The minimum Gasteiger partial charge on any atom is -0.508 e. The molecule has 15 unspecified atom stereocenters. The Bertz CT molecular complexity index is 1830. The van der Waals surface area contributed by atoms with Crippen LogP contribution < -0.4 is 0 Å². The Morgan fingerprint density at radius 1 is 0.923 bits per heavy atom. The number of aliphatic hydroxyl groups excluding tert-OH is 3. The lowest BCUT2D eigenvalue weighted by Gasteiger charge is -2.47. The molecule has 5 rings (SSSR count). The van der Waals surface area contributed by atoms with Gasteiger partial charge in [-0.05, 0) is 113 Å². The molecule has 0 radical (unpaired) electrons. The van der Waals surface area contributed by atoms with E-state index in [1.807, 2.05) is 32.9 Å². The largest absolute Gasteiger partial charge is 0.508 e. The number of fused-ring (bicyclic) bond motifs is 3. The van der Waals surface area contributed by atoms with Gasteiger partial charge in [0.15, 0.2) is 0 Å². The molecule has 1 saturated carbocycles. The number of ether oxygens (including phenoxy) is 5. The Morgan fingerprint density at radius 2 is 1.60 bits per heavy atom. The van der Waals surface area contributed by atoms with Crippen molar-refractivity contribution in [1.82, 2.24) is 4.90 Å². The number of Topliss-reactive ketones (excluding diaryl/α,β-unsaturated/α-hetero) is 2. The average Bonchev–Trinajstić information content (AvgIpc) is 3.28. The summed E-state index contributed by atoms with van der Waals surface area (Å²) in [4.78, 5) is 58.1. The van der Waals surface area contributed by atoms with E-state index in [9.17, 15) is 44.7 Å². The molecule has 364 valence electrons. The van der Waals surface area contributed by atoms with E-state index in [1.54, 1.807) is 32.9 Å². The number of aromatic hydroxyl groups is 1. The Kier molecular flexibility index (Phi) is 18.9. The van der Waals surface area contributed by atoms with Crippen LogP contribution in [0.4, 0.5) is 0 Å². The molecule has 1 aromatic rings. The zero-order valence-corrected chi connectivity index (χ0v) is 39.6. The summed E-state index contributed by atoms with van der Waals surface area (Å²) >= 11 is 0. The highest BCUT2D eigenvalue weighted by atomic mass is 16.7. The fraction of sp³-hybridized carbons (Fsp3) is 0.720. The first-order chi connectivity index (χ1) is 30.8. The summed E-state index contributed by atoms with van der Waals surface area (Å²) in [7, 11) is 3.04. The van der Waals surface area contributed by atoms with Gasteiger partial charge in [0.05, 0.1) is 37.1 Å². The van der Waals surface area contributed by atoms with E-state index >= 15 is 0 Å². The number of carbonyl (C=O) groups is 4. The van der Waals surface area contributed by atoms with Gasteiger partial charge in [-0.2, -0.15) is 0 Å². The molecule has 15 heteroatoms. The number of phenols is 1. The number of carbonyl (C=O) groups excluding carboxylic acids is 4. The summed E-state index contributed by atoms with van der Waals surface area (Å²) in [6.45, 7) is 11.0. The highest BCUT2D eigenvalue weighted by Crippen LogP contribution is 2.39. The van der Waals surface area contributed by atoms with Gasteiger partial charge in [-0.3, -0.25) is 14.4 Å². The summed E-state index contributed by atoms with van der Waals surface area (Å²) in [5.74, 6) is -7.93. The number of rotatable bonds is 9. The van der Waals surface area contributed by atoms with Gasteiger partial charge in [0.2, 0.25) is 5.79 Å². The molecule has 15 atom stereocenters. The van der Waals surface area contributed by atoms with Gasteiger partial charge in [-0.25, -0.2) is 4.79 Å². The summed E-state index contributed by atoms with van der Waals surface area (Å²) in [6, 6.07) is 4.98. The number of piperidine rings is 1. The minimum atomic E-state index is -2.53. The van der Waals surface area contributed by atoms with Gasteiger partial charge in [0.1, 0.15) is 35.9 Å². The Labute approximate surface area is 384 Å². The molecule has 1 amide bonds. The lowest BCUT2D eigenvalue weighted by Crippen LogP contribution is -2.64. The fourth-order valence-electron chi connectivity index (χ4n) is 10.3. The van der Waals surface area contributed by atoms with Crippen molar-refractivity contribution < 1.29 is 68.4 Å². The maximum Gasteiger partial charge on any atom is 0.329 e. The number of benzene rings is 1. The zero-order chi connectivity index (χ0) is 47.7. The molecule has 0 aromatic heterocycles. The monoisotopic (exact) mass is 914 g/mol. The van der Waals surface area contributed by atoms with Crippen molar-refractivity contribution in [3.63, 3.8) is 0 Å². The van der Waals surface area contributed by atoms with E-state index in [1.165, 1.54) is 26.4 Å². The molecule has 1 aromatic carbocycles. The maximum absolute atomic E-state index is 14.4. The van der Waals surface area contributed by atoms with Gasteiger partial charge >= 0.3 is 5.97 Å². The molecule has 0 spiro atoms. The lowest BCUT2D eigenvalue weighted by atomic mass is 9.81. The topological polar surface area (TPSA) is 219 Å². The van der Waals surface area contributed by atoms with E-state index in [0.29, 0.717) is 62.5 Å². The van der Waals surface area contributed by atoms with Gasteiger partial charge < -0.3 is 54.1 Å². The number of methoxy groups -OCH3 is 2. The Balaban J connectivity index is 1.44. The second-order valence-electron chi connectivity index (χ2n) is 19.4. The third-order valence-electron chi connectivity index (χ3n) is 14.3. The van der Waals surface area contributed by atoms with E-state index in [-0.39, 0.29) is 55.8 Å². The van der Waals surface area contributed by atoms with Crippen LogP contribution in [0.1, 0.15) is 124 Å². The van der Waals surface area contributed by atoms with Gasteiger partial charge in [-0.1, -0.05) is 57.6 Å². The summed E-state index contributed by atoms with van der Waals surface area (Å²) in [5.41, 5.74) is 2.13. The summed E-state index contributed by atoms with van der Waals surface area (Å²) in [5, 5.41) is 55.3. The average molecular weight is 914 g/mol. The van der Waals surface area contributed by atoms with Crippen molar-refractivity contribution >= 4 is 23.4 Å². The van der Waals surface area contributed by atoms with E-state index in [2.05, 4.69) is 0 Å². The molecule has 3 aliphatic heterocycles. The number of hydrogen-bond donors (Lipinski definition) is 5. The van der Waals surface area contributed by atoms with Gasteiger partial charge in [0.25, 0.3) is 11.7 Å². The number of aliphatic hydroxyl groups is 4. The number of cyclic esters (lactones) is 1. The summed E-state index contributed by atoms with van der Waals surface area (Å²) < 4.78 is 30.2. The number of amides is 1. The molecule has 2 bridgehead atoms. The number of phenolic OH excluding ortho intramolecular Hbond substituents is 1. The Hall–Kier alpha value is -3.54. The van der Waals surface area contributed by atoms with E-state index in [0.717, 1.165) is 10.5 Å². The van der Waals surface area contributed by atoms with Crippen molar-refractivity contribution in [2.24, 2.45) is 29.6 Å². The standard InChI is InChI=1S/C50H75NO14/c1-9-34-21-28(2)20-29(3)22-43(61-7)46-44(62-8)24-31(5)50(60,65-46)47(57)48(58)51-19-11-10-12-37(51)49(59)64-45(32(6)38(53)26-39(34)54)30(4)23-33-13-18-42(40(55)25-33)63-27-41(56)35-14-16-36(52)17-15-35/h14-17,21,23,29,31-34,37-38,40-46,52-53,55-56,60H,9-13,18-20,22,24-27H2,1-8H3/b28-21+,30-23?. The molecule has 65 heavy (non-hydrogen) atoms. The third-order valence-corrected chi connectivity index (χ3v) is 14.3. The van der Waals surface area contributed by atoms with Crippen molar-refractivity contribution in [2.45, 2.75) is 173 Å². The lowest BCUT2D eigenvalue weighted by molar-refractivity contribution is -0.302. The molecule has 1 aliphatic carbocycles. The van der Waals surface area contributed by atoms with Crippen molar-refractivity contribution in [3.8, 4) is 5.75 Å². The fourth-order valence-corrected chi connectivity index (χ4v) is 10.3. The van der Waals surface area contributed by atoms with Crippen LogP contribution in [0.2, 0.25) is 0 Å². The van der Waals surface area contributed by atoms with Crippen LogP contribution in [0.3, 0.4) is 0 Å². The number of ketones is 2. The van der Waals surface area contributed by atoms with Crippen LogP contribution >= 0.6 is 0 Å². The zero-order valence-electron chi connectivity index (χ0n) is 39.6. The van der Waals surface area contributed by atoms with Crippen LogP contribution in [0.5, 0.6) is 5.75 Å². The molecular formula is C50H75NO14. The summed E-state index contributed by atoms with van der Waals surface area (Å²) in [6.07, 6.45) is 1.32. The number of hydrogen-bond acceptors (Lipinski definition) is 14. The molecule has 2 saturated heterocycles. The SMILES string of the molecule is CCC1/C=C(\C)CC(C)CC(OC)C2OC(O)(C(=O)C(=O)N3CCCCC3C(=O)OC(C(C)=CC3CCC(OCC(O)c4ccc(O)cc4)C(O)C3)C(C)C(O)CC1=O)C(C)CC2OC. The minimum absolute atomic E-state index is 0.00959. The highest BCUT2D eigenvalue weighted by Gasteiger charge is 2.56. The Morgan fingerprint density at radius 3 is 2.25 bits per heavy atom. The van der Waals surface area contributed by atoms with Crippen LogP contribution in [0, 0.1) is 29.6 Å². The second-order valence-corrected chi connectivity index (χ2v) is 19.4. The normalized spacial score (nSPS) is 37.9. The highest BCUT2D eigenvalue weighted by molar-refractivity contribution is 6.39. The second kappa shape index (κ2) is 23.5. The molecule has 3 fully saturated rings. The molecular weight excluding hydrogens is 839 g/mol. The number of allylic oxidation sites excluding steroid dienone is 3. The maximum atomic E-state index is 14.4. The van der Waals surface area contributed by atoms with Crippen molar-refractivity contribution in [3.05, 3.63) is 53.1 Å². The quantitative estimate of drug-likeness (QED) is 0.121. The number of esters is 1. The predicted molar refractivity (Wildman–Crippen MR) is 240 cm³/mol. The van der Waals surface area contributed by atoms with Gasteiger partial charge in [-0.15, -0.1) is 0 Å². The van der Waals surface area contributed by atoms with Gasteiger partial charge in [0, 0.05) is 44.9 Å². The van der Waals surface area contributed by atoms with Crippen molar-refractivity contribution in [2.75, 3.05) is 27.4 Å². The molecule has 4 aliphatic rings. The van der Waals surface area contributed by atoms with Crippen LogP contribution in [0.25, 0.3) is 0 Å². The first-order valence-corrected chi connectivity index (χ1v) is 23.7. The predicted octanol–water partition coefficient (Wildman–Crippen LogP) is 5.28. The first kappa shape index (κ1) is 52.4.